The molecule has 0 unspecified atom stereocenters. The summed E-state index contributed by atoms with van der Waals surface area (Å²) in [7, 11) is 1.40. The summed E-state index contributed by atoms with van der Waals surface area (Å²) in [5, 5.41) is 5.22. The molecule has 0 spiro atoms. The number of aromatic nitrogens is 2. The highest BCUT2D eigenvalue weighted by Crippen LogP contribution is 2.11. The Morgan fingerprint density at radius 2 is 1.90 bits per heavy atom. The van der Waals surface area contributed by atoms with Crippen LogP contribution in [-0.2, 0) is 13.6 Å². The number of hydrogen-bond donors (Lipinski definition) is 4. The molecular formula is C12H22N6O3. The fraction of sp³-hybridized carbons (Fsp3) is 0.583. The lowest BCUT2D eigenvalue weighted by Gasteiger charge is -2.17. The van der Waals surface area contributed by atoms with E-state index in [2.05, 4.69) is 10.6 Å². The predicted molar refractivity (Wildman–Crippen MR) is 81.3 cm³/mol. The van der Waals surface area contributed by atoms with Gasteiger partial charge >= 0.3 is 11.7 Å². The van der Waals surface area contributed by atoms with Crippen LogP contribution in [0.2, 0.25) is 0 Å². The topological polar surface area (TPSA) is 137 Å². The molecule has 21 heavy (non-hydrogen) atoms. The average molecular weight is 298 g/mol. The van der Waals surface area contributed by atoms with Gasteiger partial charge in [-0.1, -0.05) is 13.8 Å². The second-order valence-electron chi connectivity index (χ2n) is 5.13. The molecule has 1 heterocycles. The molecule has 0 aromatic carbocycles. The number of carbonyl (C=O) groups is 1. The maximum atomic E-state index is 12.1. The number of nitrogens with one attached hydrogen (secondary N) is 2. The molecule has 1 aromatic rings. The minimum absolute atomic E-state index is 0.0934. The van der Waals surface area contributed by atoms with Gasteiger partial charge in [-0.25, -0.2) is 9.59 Å². The van der Waals surface area contributed by atoms with Gasteiger partial charge in [-0.05, 0) is 5.92 Å². The molecule has 9 heteroatoms. The summed E-state index contributed by atoms with van der Waals surface area (Å²) in [5.41, 5.74) is 10.0. The Labute approximate surface area is 121 Å². The second kappa shape index (κ2) is 6.82. The number of primary amides is 1. The third-order valence-electron chi connectivity index (χ3n) is 2.86. The first kappa shape index (κ1) is 16.6. The number of amides is 2. The Morgan fingerprint density at radius 3 is 2.43 bits per heavy atom. The van der Waals surface area contributed by atoms with Crippen molar-refractivity contribution < 1.29 is 4.79 Å². The van der Waals surface area contributed by atoms with Crippen molar-refractivity contribution >= 4 is 17.5 Å². The first-order valence-electron chi connectivity index (χ1n) is 6.62. The quantitative estimate of drug-likeness (QED) is 0.492. The van der Waals surface area contributed by atoms with E-state index in [4.69, 9.17) is 11.5 Å². The second-order valence-corrected chi connectivity index (χ2v) is 5.13. The molecule has 0 saturated heterocycles. The minimum atomic E-state index is -0.651. The average Bonchev–Trinajstić information content (AvgIpc) is 2.40. The van der Waals surface area contributed by atoms with E-state index in [0.29, 0.717) is 6.54 Å². The number of nitrogen functional groups attached to an aromatic ring is 1. The molecule has 0 radical (unpaired) electrons. The normalized spacial score (nSPS) is 10.7. The van der Waals surface area contributed by atoms with Gasteiger partial charge in [0.2, 0.25) is 0 Å². The Hall–Kier alpha value is -2.45. The van der Waals surface area contributed by atoms with Crippen LogP contribution in [0, 0.1) is 5.92 Å². The summed E-state index contributed by atoms with van der Waals surface area (Å²) >= 11 is 0. The van der Waals surface area contributed by atoms with Gasteiger partial charge in [-0.2, -0.15) is 0 Å². The summed E-state index contributed by atoms with van der Waals surface area (Å²) in [4.78, 5) is 34.7. The number of rotatable bonds is 6. The number of urea groups is 1. The maximum Gasteiger partial charge on any atom is 0.332 e. The monoisotopic (exact) mass is 298 g/mol. The van der Waals surface area contributed by atoms with Crippen LogP contribution in [0.1, 0.15) is 13.8 Å². The predicted octanol–water partition coefficient (Wildman–Crippen LogP) is -1.13. The van der Waals surface area contributed by atoms with Crippen molar-refractivity contribution in [3.63, 3.8) is 0 Å². The molecule has 9 nitrogen and oxygen atoms in total. The van der Waals surface area contributed by atoms with Crippen molar-refractivity contribution in [1.82, 2.24) is 14.5 Å². The molecule has 6 N–H and O–H groups in total. The summed E-state index contributed by atoms with van der Waals surface area (Å²) in [6.07, 6.45) is 0. The molecule has 1 aromatic heterocycles. The van der Waals surface area contributed by atoms with Crippen LogP contribution in [0.3, 0.4) is 0 Å². The molecule has 1 rings (SSSR count). The lowest BCUT2D eigenvalue weighted by Crippen LogP contribution is -2.42. The molecule has 0 bridgehead atoms. The summed E-state index contributed by atoms with van der Waals surface area (Å²) in [6, 6.07) is -0.651. The largest absolute Gasteiger partial charge is 0.383 e. The van der Waals surface area contributed by atoms with Crippen LogP contribution in [-0.4, -0.2) is 28.3 Å². The highest BCUT2D eigenvalue weighted by Gasteiger charge is 2.15. The van der Waals surface area contributed by atoms with Gasteiger partial charge in [0, 0.05) is 26.7 Å². The number of nitrogens with two attached hydrogens (primary N) is 2. The van der Waals surface area contributed by atoms with Crippen molar-refractivity contribution in [2.24, 2.45) is 18.7 Å². The van der Waals surface area contributed by atoms with Crippen molar-refractivity contribution in [2.75, 3.05) is 24.1 Å². The van der Waals surface area contributed by atoms with Crippen LogP contribution >= 0.6 is 0 Å². The lowest BCUT2D eigenvalue weighted by atomic mass is 10.2. The first-order chi connectivity index (χ1) is 9.75. The highest BCUT2D eigenvalue weighted by atomic mass is 16.2. The zero-order chi connectivity index (χ0) is 16.2. The summed E-state index contributed by atoms with van der Waals surface area (Å²) < 4.78 is 2.36. The van der Waals surface area contributed by atoms with Crippen molar-refractivity contribution in [2.45, 2.75) is 20.4 Å². The van der Waals surface area contributed by atoms with Crippen molar-refractivity contribution in [3.8, 4) is 0 Å². The molecule has 118 valence electrons. The zero-order valence-electron chi connectivity index (χ0n) is 12.5. The fourth-order valence-electron chi connectivity index (χ4n) is 1.86. The van der Waals surface area contributed by atoms with Gasteiger partial charge in [0.1, 0.15) is 11.5 Å². The maximum absolute atomic E-state index is 12.1. The third kappa shape index (κ3) is 4.01. The molecule has 2 amide bonds. The van der Waals surface area contributed by atoms with E-state index < -0.39 is 17.3 Å². The number of nitrogens with zero attached hydrogens (tertiary/aromatic N) is 2. The van der Waals surface area contributed by atoms with Gasteiger partial charge in [-0.15, -0.1) is 0 Å². The van der Waals surface area contributed by atoms with Crippen LogP contribution in [0.5, 0.6) is 0 Å². The Balaban J connectivity index is 3.08. The Morgan fingerprint density at radius 1 is 1.29 bits per heavy atom. The first-order valence-corrected chi connectivity index (χ1v) is 6.62. The molecule has 0 aliphatic carbocycles. The Bertz CT molecular complexity index is 631. The van der Waals surface area contributed by atoms with Gasteiger partial charge in [0.05, 0.1) is 0 Å². The van der Waals surface area contributed by atoms with Crippen LogP contribution < -0.4 is 33.3 Å². The standard InChI is InChI=1S/C12H22N6O3/c1-7(2)6-18-9(13)8(10(19)17(3)12(18)21)15-4-5-16-11(14)20/h7,15H,4-6,13H2,1-3H3,(H3,14,16,20). The smallest absolute Gasteiger partial charge is 0.332 e. The van der Waals surface area contributed by atoms with Crippen molar-refractivity contribution in [1.29, 1.82) is 0 Å². The van der Waals surface area contributed by atoms with E-state index in [0.717, 1.165) is 4.57 Å². The number of hydrogen-bond acceptors (Lipinski definition) is 5. The van der Waals surface area contributed by atoms with Gasteiger partial charge < -0.3 is 22.1 Å². The highest BCUT2D eigenvalue weighted by molar-refractivity contribution is 5.71. The van der Waals surface area contributed by atoms with Crippen LogP contribution in [0.25, 0.3) is 0 Å². The number of anilines is 2. The lowest BCUT2D eigenvalue weighted by molar-refractivity contribution is 0.249. The summed E-state index contributed by atoms with van der Waals surface area (Å²) in [5.74, 6) is 0.294. The van der Waals surface area contributed by atoms with Crippen LogP contribution in [0.4, 0.5) is 16.3 Å². The van der Waals surface area contributed by atoms with E-state index in [9.17, 15) is 14.4 Å². The minimum Gasteiger partial charge on any atom is -0.383 e. The zero-order valence-corrected chi connectivity index (χ0v) is 12.5. The molecule has 0 aliphatic heterocycles. The Kier molecular flexibility index (Phi) is 5.39. The molecule has 0 atom stereocenters. The summed E-state index contributed by atoms with van der Waals surface area (Å²) in [6.45, 7) is 4.80. The van der Waals surface area contributed by atoms with Gasteiger partial charge in [-0.3, -0.25) is 13.9 Å². The van der Waals surface area contributed by atoms with E-state index in [1.807, 2.05) is 13.8 Å². The van der Waals surface area contributed by atoms with E-state index in [1.54, 1.807) is 0 Å². The molecule has 0 fully saturated rings. The molecule has 0 aliphatic rings. The van der Waals surface area contributed by atoms with E-state index >= 15 is 0 Å². The SMILES string of the molecule is CC(C)Cn1c(N)c(NCCNC(N)=O)c(=O)n(C)c1=O. The van der Waals surface area contributed by atoms with Gasteiger partial charge in [0.15, 0.2) is 0 Å². The van der Waals surface area contributed by atoms with Gasteiger partial charge in [0.25, 0.3) is 5.56 Å². The number of carbonyl (C=O) groups excluding carboxylic acids is 1. The van der Waals surface area contributed by atoms with E-state index in [-0.39, 0.29) is 30.5 Å². The third-order valence-corrected chi connectivity index (χ3v) is 2.86. The molecule has 0 saturated carbocycles. The molecular weight excluding hydrogens is 276 g/mol. The van der Waals surface area contributed by atoms with E-state index in [1.165, 1.54) is 11.6 Å². The van der Waals surface area contributed by atoms with Crippen LogP contribution in [0.15, 0.2) is 9.59 Å². The fourth-order valence-corrected chi connectivity index (χ4v) is 1.86. The van der Waals surface area contributed by atoms with Crippen molar-refractivity contribution in [3.05, 3.63) is 20.8 Å².